The highest BCUT2D eigenvalue weighted by Gasteiger charge is 2.23. The van der Waals surface area contributed by atoms with Crippen molar-refractivity contribution in [3.05, 3.63) is 225 Å². The lowest BCUT2D eigenvalue weighted by Crippen LogP contribution is -2.14. The maximum Gasteiger partial charge on any atom is 0.346 e. The van der Waals surface area contributed by atoms with Crippen molar-refractivity contribution in [2.45, 2.75) is 39.1 Å². The van der Waals surface area contributed by atoms with Crippen LogP contribution in [-0.4, -0.2) is 68.4 Å². The van der Waals surface area contributed by atoms with Gasteiger partial charge in [0.05, 0.1) is 81.1 Å². The van der Waals surface area contributed by atoms with E-state index in [1.807, 2.05) is 0 Å². The third-order valence-corrected chi connectivity index (χ3v) is 13.3. The molecule has 19 heteroatoms. The van der Waals surface area contributed by atoms with Gasteiger partial charge in [0.1, 0.15) is 48.1 Å². The predicted molar refractivity (Wildman–Crippen MR) is 289 cm³/mol. The van der Waals surface area contributed by atoms with E-state index >= 15 is 17.6 Å². The zero-order valence-electron chi connectivity index (χ0n) is 43.5. The van der Waals surface area contributed by atoms with Crippen molar-refractivity contribution >= 4 is 34.0 Å². The van der Waals surface area contributed by atoms with Gasteiger partial charge in [0.15, 0.2) is 0 Å². The van der Waals surface area contributed by atoms with Gasteiger partial charge in [-0.1, -0.05) is 36.4 Å². The molecular formula is C62H46F4N8O7. The molecule has 0 amide bonds. The highest BCUT2D eigenvalue weighted by molar-refractivity contribution is 6.05. The molecule has 0 N–H and O–H groups in total. The van der Waals surface area contributed by atoms with Gasteiger partial charge >= 0.3 is 11.9 Å². The van der Waals surface area contributed by atoms with Gasteiger partial charge < -0.3 is 32.8 Å². The summed E-state index contributed by atoms with van der Waals surface area (Å²) in [5.41, 5.74) is 4.49. The number of aromatic nitrogens is 6. The van der Waals surface area contributed by atoms with Gasteiger partial charge in [0.25, 0.3) is 0 Å². The van der Waals surface area contributed by atoms with E-state index in [9.17, 15) is 9.59 Å². The normalized spacial score (nSPS) is 11.2. The molecule has 10 aromatic rings. The monoisotopic (exact) mass is 1090 g/mol. The SMILES string of the molecule is COCCn1c(Cc2cc(F)c(-c3cccc(OCc4ccc(C#N)cc4)n3)cc2F)nc2ccc(C(=O)OC(=O)c3ccc4nc(Cc5cc(F)c(-c6cccc(OCc7ccc(C#N)cc7)n6)cc5F)n(CCOC)c4c3)cc21. The van der Waals surface area contributed by atoms with Gasteiger partial charge in [-0.05, 0) is 119 Å². The fourth-order valence-corrected chi connectivity index (χ4v) is 9.07. The molecule has 6 aromatic carbocycles. The van der Waals surface area contributed by atoms with E-state index in [4.69, 9.17) is 44.2 Å². The predicted octanol–water partition coefficient (Wildman–Crippen LogP) is 11.4. The van der Waals surface area contributed by atoms with E-state index in [0.717, 1.165) is 35.4 Å². The molecule has 404 valence electrons. The fourth-order valence-electron chi connectivity index (χ4n) is 9.07. The first-order chi connectivity index (χ1) is 39.4. The van der Waals surface area contributed by atoms with Crippen molar-refractivity contribution in [1.82, 2.24) is 29.1 Å². The number of nitriles is 2. The van der Waals surface area contributed by atoms with Crippen LogP contribution in [0.4, 0.5) is 17.6 Å². The largest absolute Gasteiger partial charge is 0.473 e. The zero-order valence-corrected chi connectivity index (χ0v) is 43.5. The second-order valence-corrected chi connectivity index (χ2v) is 18.5. The summed E-state index contributed by atoms with van der Waals surface area (Å²) in [5.74, 6) is -3.76. The molecule has 0 radical (unpaired) electrons. The van der Waals surface area contributed by atoms with Gasteiger partial charge in [0.2, 0.25) is 11.8 Å². The quantitative estimate of drug-likeness (QED) is 0.0398. The number of carbonyl (C=O) groups excluding carboxylic acids is 2. The number of carbonyl (C=O) groups is 2. The van der Waals surface area contributed by atoms with Crippen molar-refractivity contribution in [3.63, 3.8) is 0 Å². The first-order valence-electron chi connectivity index (χ1n) is 25.3. The first-order valence-corrected chi connectivity index (χ1v) is 25.3. The summed E-state index contributed by atoms with van der Waals surface area (Å²) in [6.07, 6.45) is -0.283. The van der Waals surface area contributed by atoms with Crippen LogP contribution in [0, 0.1) is 45.9 Å². The number of ether oxygens (including phenoxy) is 5. The van der Waals surface area contributed by atoms with E-state index in [0.29, 0.717) is 44.8 Å². The molecule has 81 heavy (non-hydrogen) atoms. The molecule has 0 spiro atoms. The number of esters is 2. The number of rotatable bonds is 20. The van der Waals surface area contributed by atoms with Crippen molar-refractivity contribution in [3.8, 4) is 46.4 Å². The second-order valence-electron chi connectivity index (χ2n) is 18.5. The fraction of sp³-hybridized carbons (Fsp3) is 0.161. The van der Waals surface area contributed by atoms with E-state index < -0.39 is 35.2 Å². The Morgan fingerprint density at radius 2 is 0.926 bits per heavy atom. The maximum absolute atomic E-state index is 16.0. The highest BCUT2D eigenvalue weighted by atomic mass is 19.1. The summed E-state index contributed by atoms with van der Waals surface area (Å²) in [5, 5.41) is 18.1. The van der Waals surface area contributed by atoms with Crippen LogP contribution < -0.4 is 9.47 Å². The molecule has 0 fully saturated rings. The Morgan fingerprint density at radius 1 is 0.506 bits per heavy atom. The van der Waals surface area contributed by atoms with Crippen molar-refractivity contribution in [2.75, 3.05) is 27.4 Å². The minimum absolute atomic E-state index is 0.00319. The average molecular weight is 1090 g/mol. The number of hydrogen-bond donors (Lipinski definition) is 0. The van der Waals surface area contributed by atoms with Crippen LogP contribution in [0.3, 0.4) is 0 Å². The Morgan fingerprint density at radius 3 is 1.32 bits per heavy atom. The summed E-state index contributed by atoms with van der Waals surface area (Å²) in [4.78, 5) is 45.6. The Kier molecular flexibility index (Phi) is 16.3. The molecule has 4 heterocycles. The molecular weight excluding hydrogens is 1040 g/mol. The van der Waals surface area contributed by atoms with Crippen LogP contribution >= 0.6 is 0 Å². The van der Waals surface area contributed by atoms with Crippen LogP contribution in [0.2, 0.25) is 0 Å². The highest BCUT2D eigenvalue weighted by Crippen LogP contribution is 2.31. The van der Waals surface area contributed by atoms with Crippen molar-refractivity contribution < 1.29 is 50.8 Å². The van der Waals surface area contributed by atoms with Crippen LogP contribution in [-0.2, 0) is 53.4 Å². The molecule has 0 atom stereocenters. The van der Waals surface area contributed by atoms with Crippen LogP contribution in [0.15, 0.2) is 146 Å². The number of halogens is 4. The minimum atomic E-state index is -0.976. The van der Waals surface area contributed by atoms with Crippen LogP contribution in [0.5, 0.6) is 11.8 Å². The molecule has 0 aliphatic carbocycles. The Bertz CT molecular complexity index is 3830. The third kappa shape index (κ3) is 12.3. The van der Waals surface area contributed by atoms with Crippen LogP contribution in [0.25, 0.3) is 44.6 Å². The number of hydrogen-bond acceptors (Lipinski definition) is 13. The lowest BCUT2D eigenvalue weighted by Gasteiger charge is -2.12. The number of benzene rings is 6. The van der Waals surface area contributed by atoms with Gasteiger partial charge in [-0.2, -0.15) is 10.5 Å². The summed E-state index contributed by atoms with van der Waals surface area (Å²) >= 11 is 0. The first kappa shape index (κ1) is 54.3. The molecule has 4 aromatic heterocycles. The Labute approximate surface area is 460 Å². The van der Waals surface area contributed by atoms with Gasteiger partial charge in [-0.25, -0.2) is 47.1 Å². The molecule has 0 aliphatic heterocycles. The van der Waals surface area contributed by atoms with Gasteiger partial charge in [-0.3, -0.25) is 0 Å². The topological polar surface area (TPSA) is 189 Å². The van der Waals surface area contributed by atoms with Crippen molar-refractivity contribution in [2.24, 2.45) is 0 Å². The summed E-state index contributed by atoms with van der Waals surface area (Å²) in [6.45, 7) is 1.12. The number of nitrogens with zero attached hydrogens (tertiary/aromatic N) is 8. The number of methoxy groups -OCH3 is 2. The molecule has 15 nitrogen and oxygen atoms in total. The maximum atomic E-state index is 16.0. The third-order valence-electron chi connectivity index (χ3n) is 13.3. The molecule has 0 aliphatic rings. The van der Waals surface area contributed by atoms with Gasteiger partial charge in [0, 0.05) is 63.4 Å². The van der Waals surface area contributed by atoms with E-state index in [1.165, 1.54) is 38.5 Å². The summed E-state index contributed by atoms with van der Waals surface area (Å²) in [7, 11) is 3.01. The number of imidazole rings is 2. The van der Waals surface area contributed by atoms with E-state index in [2.05, 4.69) is 22.1 Å². The number of fused-ring (bicyclic) bond motifs is 2. The van der Waals surface area contributed by atoms with Crippen molar-refractivity contribution in [1.29, 1.82) is 10.5 Å². The smallest absolute Gasteiger partial charge is 0.346 e. The Hall–Kier alpha value is -10.1. The minimum Gasteiger partial charge on any atom is -0.473 e. The number of pyridine rings is 2. The standard InChI is InChI=1S/C62H46F4N8O7/c1-77-23-21-73-55-27-41(17-19-53(55)69-57(73)29-43-25-49(65)45(31-47(43)63)51-5-3-7-59(71-51)79-35-39-13-9-37(33-67)10-14-39)61(75)81-62(76)42-18-20-54-56(28-42)74(22-24-78-2)58(70-54)30-44-26-50(66)46(32-48(44)64)52-6-4-8-60(72-52)80-36-40-15-11-38(34-68)12-16-40/h3-20,25-28,31-32H,21-24,29-30,35-36H2,1-2H3. The van der Waals surface area contributed by atoms with E-state index in [-0.39, 0.29) is 109 Å². The lowest BCUT2D eigenvalue weighted by atomic mass is 10.0. The molecule has 0 unspecified atom stereocenters. The molecule has 0 bridgehead atoms. The second kappa shape index (κ2) is 24.3. The van der Waals surface area contributed by atoms with Crippen LogP contribution in [0.1, 0.15) is 65.7 Å². The molecule has 0 saturated heterocycles. The van der Waals surface area contributed by atoms with Gasteiger partial charge in [-0.15, -0.1) is 0 Å². The lowest BCUT2D eigenvalue weighted by molar-refractivity contribution is 0.0397. The zero-order chi connectivity index (χ0) is 56.6. The summed E-state index contributed by atoms with van der Waals surface area (Å²) in [6, 6.07) is 40.6. The molecule has 0 saturated carbocycles. The summed E-state index contributed by atoms with van der Waals surface area (Å²) < 4.78 is 94.9. The van der Waals surface area contributed by atoms with E-state index in [1.54, 1.807) is 106 Å². The average Bonchev–Trinajstić information content (AvgIpc) is 4.25. The Balaban J connectivity index is 0.836. The molecule has 10 rings (SSSR count).